The van der Waals surface area contributed by atoms with Crippen molar-refractivity contribution in [2.45, 2.75) is 45.6 Å². The van der Waals surface area contributed by atoms with Crippen molar-refractivity contribution < 1.29 is 14.3 Å². The number of hydrogen-bond acceptors (Lipinski definition) is 3. The molecule has 16 heavy (non-hydrogen) atoms. The maximum atomic E-state index is 11.5. The zero-order chi connectivity index (χ0) is 12.4. The van der Waals surface area contributed by atoms with E-state index in [1.54, 1.807) is 6.92 Å². The van der Waals surface area contributed by atoms with Crippen LogP contribution in [0.5, 0.6) is 0 Å². The first-order valence-electron chi connectivity index (χ1n) is 5.82. The molecule has 1 unspecified atom stereocenters. The van der Waals surface area contributed by atoms with Crippen LogP contribution < -0.4 is 11.1 Å². The quantitative estimate of drug-likeness (QED) is 0.449. The molecule has 0 saturated heterocycles. The van der Waals surface area contributed by atoms with E-state index in [4.69, 9.17) is 10.5 Å². The lowest BCUT2D eigenvalue weighted by molar-refractivity contribution is -0.143. The lowest BCUT2D eigenvalue weighted by Crippen LogP contribution is -2.45. The molecule has 3 N–H and O–H groups in total. The number of unbranched alkanes of at least 4 members (excludes halogenated alkanes) is 3. The SMILES string of the molecule is CCCCCCNC(=O)C(OCC)C(N)=O. The number of hydrogen-bond donors (Lipinski definition) is 2. The van der Waals surface area contributed by atoms with Crippen molar-refractivity contribution in [2.24, 2.45) is 5.73 Å². The highest BCUT2D eigenvalue weighted by molar-refractivity contribution is 6.02. The summed E-state index contributed by atoms with van der Waals surface area (Å²) in [5.74, 6) is -1.18. The van der Waals surface area contributed by atoms with E-state index in [9.17, 15) is 9.59 Å². The molecule has 0 aromatic heterocycles. The lowest BCUT2D eigenvalue weighted by Gasteiger charge is -2.13. The molecule has 94 valence electrons. The van der Waals surface area contributed by atoms with E-state index in [0.717, 1.165) is 25.7 Å². The van der Waals surface area contributed by atoms with E-state index in [2.05, 4.69) is 12.2 Å². The number of carbonyl (C=O) groups excluding carboxylic acids is 2. The molecular formula is C11H22N2O3. The molecule has 0 fully saturated rings. The predicted molar refractivity (Wildman–Crippen MR) is 61.8 cm³/mol. The molecular weight excluding hydrogens is 208 g/mol. The highest BCUT2D eigenvalue weighted by atomic mass is 16.5. The van der Waals surface area contributed by atoms with Gasteiger partial charge in [-0.3, -0.25) is 9.59 Å². The van der Waals surface area contributed by atoms with Crippen molar-refractivity contribution in [2.75, 3.05) is 13.2 Å². The Kier molecular flexibility index (Phi) is 8.52. The van der Waals surface area contributed by atoms with Crippen LogP contribution in [-0.4, -0.2) is 31.1 Å². The van der Waals surface area contributed by atoms with E-state index in [1.165, 1.54) is 0 Å². The maximum Gasteiger partial charge on any atom is 0.258 e. The molecule has 0 aliphatic carbocycles. The van der Waals surface area contributed by atoms with Gasteiger partial charge in [0, 0.05) is 13.2 Å². The summed E-state index contributed by atoms with van der Waals surface area (Å²) in [4.78, 5) is 22.4. The Bertz CT molecular complexity index is 219. The van der Waals surface area contributed by atoms with Crippen molar-refractivity contribution in [3.63, 3.8) is 0 Å². The van der Waals surface area contributed by atoms with Crippen LogP contribution in [0.15, 0.2) is 0 Å². The molecule has 2 amide bonds. The van der Waals surface area contributed by atoms with Gasteiger partial charge in [0.05, 0.1) is 0 Å². The van der Waals surface area contributed by atoms with Gasteiger partial charge in [0.15, 0.2) is 0 Å². The largest absolute Gasteiger partial charge is 0.367 e. The van der Waals surface area contributed by atoms with E-state index in [0.29, 0.717) is 6.54 Å². The molecule has 0 radical (unpaired) electrons. The van der Waals surface area contributed by atoms with Crippen molar-refractivity contribution in [1.82, 2.24) is 5.32 Å². The normalized spacial score (nSPS) is 12.1. The summed E-state index contributed by atoms with van der Waals surface area (Å²) >= 11 is 0. The number of amides is 2. The van der Waals surface area contributed by atoms with Crippen molar-refractivity contribution in [1.29, 1.82) is 0 Å². The Balaban J connectivity index is 3.79. The first kappa shape index (κ1) is 14.9. The number of nitrogens with two attached hydrogens (primary N) is 1. The minimum atomic E-state index is -1.16. The third-order valence-corrected chi connectivity index (χ3v) is 2.16. The smallest absolute Gasteiger partial charge is 0.258 e. The number of carbonyl (C=O) groups is 2. The number of ether oxygens (including phenoxy) is 1. The number of primary amides is 1. The van der Waals surface area contributed by atoms with E-state index < -0.39 is 17.9 Å². The average molecular weight is 230 g/mol. The first-order chi connectivity index (χ1) is 7.63. The van der Waals surface area contributed by atoms with E-state index in [-0.39, 0.29) is 6.61 Å². The molecule has 0 bridgehead atoms. The lowest BCUT2D eigenvalue weighted by atomic mass is 10.2. The van der Waals surface area contributed by atoms with Gasteiger partial charge in [-0.25, -0.2) is 0 Å². The number of nitrogens with one attached hydrogen (secondary N) is 1. The van der Waals surface area contributed by atoms with Crippen molar-refractivity contribution in [3.05, 3.63) is 0 Å². The fourth-order valence-corrected chi connectivity index (χ4v) is 1.31. The van der Waals surface area contributed by atoms with Crippen LogP contribution in [0.3, 0.4) is 0 Å². The van der Waals surface area contributed by atoms with Gasteiger partial charge in [0.1, 0.15) is 0 Å². The van der Waals surface area contributed by atoms with Gasteiger partial charge in [0.2, 0.25) is 6.10 Å². The summed E-state index contributed by atoms with van der Waals surface area (Å²) in [6, 6.07) is 0. The molecule has 1 atom stereocenters. The van der Waals surface area contributed by atoms with Gasteiger partial charge < -0.3 is 15.8 Å². The van der Waals surface area contributed by atoms with E-state index in [1.807, 2.05) is 0 Å². The van der Waals surface area contributed by atoms with Crippen LogP contribution in [-0.2, 0) is 14.3 Å². The maximum absolute atomic E-state index is 11.5. The molecule has 0 saturated carbocycles. The Labute approximate surface area is 96.7 Å². The molecule has 0 aromatic rings. The third-order valence-electron chi connectivity index (χ3n) is 2.16. The van der Waals surface area contributed by atoms with Gasteiger partial charge in [-0.15, -0.1) is 0 Å². The van der Waals surface area contributed by atoms with Crippen LogP contribution in [0.4, 0.5) is 0 Å². The molecule has 0 heterocycles. The van der Waals surface area contributed by atoms with Crippen molar-refractivity contribution in [3.8, 4) is 0 Å². The summed E-state index contributed by atoms with van der Waals surface area (Å²) in [5, 5.41) is 2.64. The minimum absolute atomic E-state index is 0.289. The van der Waals surface area contributed by atoms with Crippen molar-refractivity contribution >= 4 is 11.8 Å². The summed E-state index contributed by atoms with van der Waals surface area (Å²) in [6.45, 7) is 4.69. The zero-order valence-electron chi connectivity index (χ0n) is 10.1. The first-order valence-corrected chi connectivity index (χ1v) is 5.82. The standard InChI is InChI=1S/C11H22N2O3/c1-3-5-6-7-8-13-11(15)9(10(12)14)16-4-2/h9H,3-8H2,1-2H3,(H2,12,14)(H,13,15). The second-order valence-electron chi connectivity index (χ2n) is 3.59. The molecule has 0 rings (SSSR count). The third kappa shape index (κ3) is 6.40. The van der Waals surface area contributed by atoms with Crippen LogP contribution >= 0.6 is 0 Å². The predicted octanol–water partition coefficient (Wildman–Crippen LogP) is 0.573. The fourth-order valence-electron chi connectivity index (χ4n) is 1.31. The zero-order valence-corrected chi connectivity index (χ0v) is 10.1. The molecule has 0 spiro atoms. The molecule has 0 aromatic carbocycles. The molecule has 0 aliphatic rings. The van der Waals surface area contributed by atoms with Gasteiger partial charge in [0.25, 0.3) is 11.8 Å². The second-order valence-corrected chi connectivity index (χ2v) is 3.59. The van der Waals surface area contributed by atoms with Crippen LogP contribution in [0.2, 0.25) is 0 Å². The van der Waals surface area contributed by atoms with Gasteiger partial charge in [-0.05, 0) is 13.3 Å². The Hall–Kier alpha value is -1.10. The summed E-state index contributed by atoms with van der Waals surface area (Å²) in [6.07, 6.45) is 3.14. The van der Waals surface area contributed by atoms with Crippen LogP contribution in [0.25, 0.3) is 0 Å². The topological polar surface area (TPSA) is 81.4 Å². The summed E-state index contributed by atoms with van der Waals surface area (Å²) in [5.41, 5.74) is 5.05. The van der Waals surface area contributed by atoms with E-state index >= 15 is 0 Å². The van der Waals surface area contributed by atoms with Gasteiger partial charge >= 0.3 is 0 Å². The molecule has 0 aliphatic heterocycles. The summed E-state index contributed by atoms with van der Waals surface area (Å²) in [7, 11) is 0. The highest BCUT2D eigenvalue weighted by Crippen LogP contribution is 1.98. The Morgan fingerprint density at radius 1 is 1.25 bits per heavy atom. The Morgan fingerprint density at radius 3 is 2.44 bits per heavy atom. The second kappa shape index (κ2) is 9.15. The Morgan fingerprint density at radius 2 is 1.94 bits per heavy atom. The van der Waals surface area contributed by atoms with Gasteiger partial charge in [-0.1, -0.05) is 26.2 Å². The van der Waals surface area contributed by atoms with Crippen LogP contribution in [0, 0.1) is 0 Å². The minimum Gasteiger partial charge on any atom is -0.367 e. The molecule has 5 heteroatoms. The molecule has 5 nitrogen and oxygen atoms in total. The number of rotatable bonds is 9. The fraction of sp³-hybridized carbons (Fsp3) is 0.818. The van der Waals surface area contributed by atoms with Gasteiger partial charge in [-0.2, -0.15) is 0 Å². The highest BCUT2D eigenvalue weighted by Gasteiger charge is 2.23. The summed E-state index contributed by atoms with van der Waals surface area (Å²) < 4.78 is 4.96. The van der Waals surface area contributed by atoms with Crippen LogP contribution in [0.1, 0.15) is 39.5 Å². The average Bonchev–Trinajstić information content (AvgIpc) is 2.24. The monoisotopic (exact) mass is 230 g/mol.